The lowest BCUT2D eigenvalue weighted by atomic mass is 10.7. The van der Waals surface area contributed by atoms with Crippen molar-refractivity contribution in [3.05, 3.63) is 0 Å². The predicted octanol–water partition coefficient (Wildman–Crippen LogP) is -0.331. The summed E-state index contributed by atoms with van der Waals surface area (Å²) in [6.45, 7) is 2.34. The smallest absolute Gasteiger partial charge is 0.211 e. The maximum atomic E-state index is 10.7. The van der Waals surface area contributed by atoms with Crippen LogP contribution in [0.3, 0.4) is 0 Å². The highest BCUT2D eigenvalue weighted by atomic mass is 35.5. The molecular weight excluding hydrogens is 176 g/mol. The Kier molecular flexibility index (Phi) is 4.98. The zero-order valence-electron chi connectivity index (χ0n) is 5.72. The fourth-order valence-electron chi connectivity index (χ4n) is 0.356. The van der Waals surface area contributed by atoms with Gasteiger partial charge in [-0.1, -0.05) is 0 Å². The van der Waals surface area contributed by atoms with Crippen LogP contribution in [0.15, 0.2) is 0 Å². The van der Waals surface area contributed by atoms with Crippen molar-refractivity contribution in [2.24, 2.45) is 0 Å². The third kappa shape index (κ3) is 4.99. The Balaban J connectivity index is 3.49. The van der Waals surface area contributed by atoms with Gasteiger partial charge in [-0.15, -0.1) is 0 Å². The predicted molar refractivity (Wildman–Crippen MR) is 41.3 cm³/mol. The molecule has 0 saturated heterocycles. The van der Waals surface area contributed by atoms with E-state index in [0.29, 0.717) is 13.1 Å². The molecular formula is C4H11ClN2O2S. The SMILES string of the molecule is CCS(=O)(=O)NCCNCl. The van der Waals surface area contributed by atoms with E-state index in [1.165, 1.54) is 0 Å². The summed E-state index contributed by atoms with van der Waals surface area (Å²) >= 11 is 5.09. The molecule has 62 valence electrons. The molecule has 0 atom stereocenters. The lowest BCUT2D eigenvalue weighted by Crippen LogP contribution is -2.30. The molecule has 0 saturated carbocycles. The van der Waals surface area contributed by atoms with Crippen molar-refractivity contribution in [3.8, 4) is 0 Å². The molecule has 0 aromatic heterocycles. The van der Waals surface area contributed by atoms with Gasteiger partial charge in [0.1, 0.15) is 0 Å². The first-order chi connectivity index (χ1) is 4.62. The minimum atomic E-state index is -3.04. The van der Waals surface area contributed by atoms with Gasteiger partial charge >= 0.3 is 0 Å². The highest BCUT2D eigenvalue weighted by Crippen LogP contribution is 1.79. The second-order valence-electron chi connectivity index (χ2n) is 1.68. The van der Waals surface area contributed by atoms with Crippen LogP contribution >= 0.6 is 11.8 Å². The van der Waals surface area contributed by atoms with Crippen LogP contribution in [-0.4, -0.2) is 27.3 Å². The summed E-state index contributed by atoms with van der Waals surface area (Å²) < 4.78 is 23.7. The van der Waals surface area contributed by atoms with Crippen molar-refractivity contribution in [1.82, 2.24) is 9.56 Å². The van der Waals surface area contributed by atoms with Crippen molar-refractivity contribution in [2.75, 3.05) is 18.8 Å². The van der Waals surface area contributed by atoms with Crippen molar-refractivity contribution in [2.45, 2.75) is 6.92 Å². The van der Waals surface area contributed by atoms with Gasteiger partial charge in [-0.3, -0.25) is 0 Å². The lowest BCUT2D eigenvalue weighted by Gasteiger charge is -2.01. The second-order valence-corrected chi connectivity index (χ2v) is 4.04. The largest absolute Gasteiger partial charge is 0.232 e. The first kappa shape index (κ1) is 10.2. The summed E-state index contributed by atoms with van der Waals surface area (Å²) in [5.74, 6) is 0.106. The number of sulfonamides is 1. The van der Waals surface area contributed by atoms with E-state index in [0.717, 1.165) is 0 Å². The topological polar surface area (TPSA) is 58.2 Å². The maximum Gasteiger partial charge on any atom is 0.211 e. The zero-order chi connectivity index (χ0) is 8.04. The van der Waals surface area contributed by atoms with Crippen LogP contribution in [0, 0.1) is 0 Å². The Morgan fingerprint density at radius 2 is 2.00 bits per heavy atom. The first-order valence-corrected chi connectivity index (χ1v) is 4.96. The minimum Gasteiger partial charge on any atom is -0.232 e. The third-order valence-electron chi connectivity index (χ3n) is 0.922. The number of hydrogen-bond donors (Lipinski definition) is 2. The van der Waals surface area contributed by atoms with Crippen molar-refractivity contribution < 1.29 is 8.42 Å². The molecule has 0 rings (SSSR count). The molecule has 0 aliphatic heterocycles. The summed E-state index contributed by atoms with van der Waals surface area (Å²) in [5.41, 5.74) is 0. The summed E-state index contributed by atoms with van der Waals surface area (Å²) in [6.07, 6.45) is 0. The van der Waals surface area contributed by atoms with Gasteiger partial charge in [0.2, 0.25) is 10.0 Å². The normalized spacial score (nSPS) is 11.8. The molecule has 0 radical (unpaired) electrons. The summed E-state index contributed by atoms with van der Waals surface area (Å²) in [5, 5.41) is 0. The second kappa shape index (κ2) is 4.90. The van der Waals surface area contributed by atoms with Gasteiger partial charge in [0.25, 0.3) is 0 Å². The molecule has 0 aromatic rings. The van der Waals surface area contributed by atoms with Crippen LogP contribution in [0.5, 0.6) is 0 Å². The average Bonchev–Trinajstić information content (AvgIpc) is 1.89. The van der Waals surface area contributed by atoms with E-state index in [1.807, 2.05) is 0 Å². The van der Waals surface area contributed by atoms with Gasteiger partial charge in [0.15, 0.2) is 0 Å². The Morgan fingerprint density at radius 3 is 2.40 bits per heavy atom. The Bertz CT molecular complexity index is 168. The van der Waals surface area contributed by atoms with Gasteiger partial charge in [-0.05, 0) is 18.7 Å². The third-order valence-corrected chi connectivity index (χ3v) is 2.51. The fraction of sp³-hybridized carbons (Fsp3) is 1.00. The molecule has 2 N–H and O–H groups in total. The highest BCUT2D eigenvalue weighted by molar-refractivity contribution is 7.89. The molecule has 0 amide bonds. The molecule has 0 bridgehead atoms. The number of rotatable bonds is 5. The van der Waals surface area contributed by atoms with Crippen LogP contribution in [0.4, 0.5) is 0 Å². The van der Waals surface area contributed by atoms with Crippen LogP contribution in [-0.2, 0) is 10.0 Å². The van der Waals surface area contributed by atoms with Gasteiger partial charge < -0.3 is 0 Å². The molecule has 10 heavy (non-hydrogen) atoms. The number of hydrogen-bond acceptors (Lipinski definition) is 3. The Labute approximate surface area is 66.1 Å². The van der Waals surface area contributed by atoms with Crippen LogP contribution in [0.2, 0.25) is 0 Å². The highest BCUT2D eigenvalue weighted by Gasteiger charge is 2.02. The molecule has 0 aliphatic rings. The number of halogens is 1. The Hall–Kier alpha value is 0.160. The molecule has 0 heterocycles. The first-order valence-electron chi connectivity index (χ1n) is 2.93. The molecule has 0 spiro atoms. The van der Waals surface area contributed by atoms with E-state index in [9.17, 15) is 8.42 Å². The zero-order valence-corrected chi connectivity index (χ0v) is 7.30. The van der Waals surface area contributed by atoms with E-state index in [4.69, 9.17) is 11.8 Å². The molecule has 0 fully saturated rings. The number of nitrogens with one attached hydrogen (secondary N) is 2. The quantitative estimate of drug-likeness (QED) is 0.457. The van der Waals surface area contributed by atoms with E-state index in [2.05, 4.69) is 9.56 Å². The van der Waals surface area contributed by atoms with E-state index in [-0.39, 0.29) is 5.75 Å². The average molecular weight is 187 g/mol. The van der Waals surface area contributed by atoms with Crippen molar-refractivity contribution >= 4 is 21.8 Å². The van der Waals surface area contributed by atoms with E-state index in [1.54, 1.807) is 6.92 Å². The molecule has 0 unspecified atom stereocenters. The van der Waals surface area contributed by atoms with Gasteiger partial charge in [0, 0.05) is 13.1 Å². The van der Waals surface area contributed by atoms with E-state index >= 15 is 0 Å². The standard InChI is InChI=1S/C4H11ClN2O2S/c1-2-10(8,9)7-4-3-6-5/h6-7H,2-4H2,1H3. The maximum absolute atomic E-state index is 10.7. The Morgan fingerprint density at radius 1 is 1.40 bits per heavy atom. The van der Waals surface area contributed by atoms with E-state index < -0.39 is 10.0 Å². The molecule has 6 heteroatoms. The fourth-order valence-corrected chi connectivity index (χ4v) is 1.07. The molecule has 4 nitrogen and oxygen atoms in total. The van der Waals surface area contributed by atoms with Gasteiger partial charge in [-0.2, -0.15) is 0 Å². The molecule has 0 aromatic carbocycles. The summed E-state index contributed by atoms with van der Waals surface area (Å²) in [7, 11) is -3.04. The van der Waals surface area contributed by atoms with Crippen molar-refractivity contribution in [3.63, 3.8) is 0 Å². The van der Waals surface area contributed by atoms with Crippen LogP contribution in [0.1, 0.15) is 6.92 Å². The van der Waals surface area contributed by atoms with Gasteiger partial charge in [-0.25, -0.2) is 18.0 Å². The molecule has 0 aliphatic carbocycles. The van der Waals surface area contributed by atoms with Crippen molar-refractivity contribution in [1.29, 1.82) is 0 Å². The monoisotopic (exact) mass is 186 g/mol. The van der Waals surface area contributed by atoms with Crippen LogP contribution < -0.4 is 9.56 Å². The van der Waals surface area contributed by atoms with Crippen LogP contribution in [0.25, 0.3) is 0 Å². The minimum absolute atomic E-state index is 0.106. The summed E-state index contributed by atoms with van der Waals surface area (Å²) in [6, 6.07) is 0. The van der Waals surface area contributed by atoms with Gasteiger partial charge in [0.05, 0.1) is 5.75 Å². The lowest BCUT2D eigenvalue weighted by molar-refractivity contribution is 0.582. The summed E-state index contributed by atoms with van der Waals surface area (Å²) in [4.78, 5) is 2.31.